The molecule has 0 aliphatic carbocycles. The molecule has 0 N–H and O–H groups in total. The summed E-state index contributed by atoms with van der Waals surface area (Å²) in [4.78, 5) is 4.03. The average molecular weight is 242 g/mol. The predicted molar refractivity (Wildman–Crippen MR) is 57.5 cm³/mol. The van der Waals surface area contributed by atoms with Crippen LogP contribution < -0.4 is 34.7 Å². The van der Waals surface area contributed by atoms with E-state index in [0.29, 0.717) is 16.3 Å². The van der Waals surface area contributed by atoms with Crippen LogP contribution in [0.5, 0.6) is 0 Å². The van der Waals surface area contributed by atoms with Gasteiger partial charge < -0.3 is 5.11 Å². The topological polar surface area (TPSA) is 36.0 Å². The minimum Gasteiger partial charge on any atom is -0.844 e. The molecule has 2 aromatic rings. The Bertz CT molecular complexity index is 433. The van der Waals surface area contributed by atoms with Gasteiger partial charge in [0.1, 0.15) is 0 Å². The van der Waals surface area contributed by atoms with Crippen LogP contribution in [0.3, 0.4) is 0 Å². The maximum atomic E-state index is 11.9. The zero-order valence-corrected chi connectivity index (χ0v) is 11.7. The molecule has 0 spiro atoms. The summed E-state index contributed by atoms with van der Waals surface area (Å²) in [5, 5.41) is 12.6. The monoisotopic (exact) mass is 241 g/mol. The van der Waals surface area contributed by atoms with Gasteiger partial charge in [-0.25, -0.2) is 0 Å². The zero-order chi connectivity index (χ0) is 10.7. The maximum absolute atomic E-state index is 11.9. The van der Waals surface area contributed by atoms with Crippen LogP contribution in [0.15, 0.2) is 48.7 Å². The molecule has 0 saturated carbocycles. The fourth-order valence-corrected chi connectivity index (χ4v) is 1.47. The summed E-state index contributed by atoms with van der Waals surface area (Å²) < 4.78 is 0. The molecule has 76 valence electrons. The number of rotatable bonds is 2. The van der Waals surface area contributed by atoms with E-state index in [4.69, 9.17) is 11.6 Å². The van der Waals surface area contributed by atoms with Gasteiger partial charge in [0.15, 0.2) is 0 Å². The Labute approximate surface area is 122 Å². The quantitative estimate of drug-likeness (QED) is 0.645. The number of aromatic nitrogens is 1. The number of benzene rings is 1. The molecule has 2 rings (SSSR count). The van der Waals surface area contributed by atoms with Gasteiger partial charge in [0.05, 0.1) is 0 Å². The van der Waals surface area contributed by atoms with Crippen LogP contribution in [0.25, 0.3) is 0 Å². The van der Waals surface area contributed by atoms with Crippen LogP contribution >= 0.6 is 11.6 Å². The van der Waals surface area contributed by atoms with Crippen LogP contribution in [0.1, 0.15) is 17.4 Å². The zero-order valence-electron chi connectivity index (χ0n) is 8.93. The molecule has 1 aromatic heterocycles. The van der Waals surface area contributed by atoms with Gasteiger partial charge in [0.2, 0.25) is 0 Å². The normalized spacial score (nSPS) is 11.6. The molecule has 0 saturated heterocycles. The molecule has 0 bridgehead atoms. The molecular weight excluding hydrogens is 233 g/mol. The summed E-state index contributed by atoms with van der Waals surface area (Å²) in [7, 11) is 0. The summed E-state index contributed by atoms with van der Waals surface area (Å²) in [6, 6.07) is 12.2. The number of hydrogen-bond donors (Lipinski definition) is 0. The van der Waals surface area contributed by atoms with Crippen molar-refractivity contribution in [3.8, 4) is 0 Å². The van der Waals surface area contributed by atoms with Crippen molar-refractivity contribution in [2.24, 2.45) is 0 Å². The fourth-order valence-electron chi connectivity index (χ4n) is 1.34. The second kappa shape index (κ2) is 6.38. The largest absolute Gasteiger partial charge is 1.00 e. The Morgan fingerprint density at radius 3 is 2.31 bits per heavy atom. The third-order valence-electron chi connectivity index (χ3n) is 2.13. The van der Waals surface area contributed by atoms with Gasteiger partial charge in [-0.3, -0.25) is 4.98 Å². The molecule has 1 aromatic carbocycles. The second-order valence-corrected chi connectivity index (χ2v) is 3.62. The van der Waals surface area contributed by atoms with Crippen LogP contribution in [-0.4, -0.2) is 4.98 Å². The van der Waals surface area contributed by atoms with E-state index >= 15 is 0 Å². The van der Waals surface area contributed by atoms with E-state index in [1.807, 2.05) is 6.07 Å². The third kappa shape index (κ3) is 3.30. The van der Waals surface area contributed by atoms with Gasteiger partial charge in [-0.1, -0.05) is 41.5 Å². The van der Waals surface area contributed by atoms with E-state index in [0.717, 1.165) is 0 Å². The average Bonchev–Trinajstić information content (AvgIpc) is 2.30. The van der Waals surface area contributed by atoms with E-state index < -0.39 is 6.10 Å². The molecule has 0 fully saturated rings. The number of nitrogens with zero attached hydrogens (tertiary/aromatic N) is 1. The van der Waals surface area contributed by atoms with Crippen molar-refractivity contribution in [2.45, 2.75) is 6.10 Å². The summed E-state index contributed by atoms with van der Waals surface area (Å²) in [5.74, 6) is 0. The van der Waals surface area contributed by atoms with Crippen molar-refractivity contribution < 1.29 is 34.7 Å². The van der Waals surface area contributed by atoms with E-state index in [9.17, 15) is 5.11 Å². The van der Waals surface area contributed by atoms with Crippen LogP contribution in [-0.2, 0) is 0 Å². The first-order valence-electron chi connectivity index (χ1n) is 4.59. The first-order valence-corrected chi connectivity index (χ1v) is 4.97. The van der Waals surface area contributed by atoms with Gasteiger partial charge in [-0.05, 0) is 24.3 Å². The van der Waals surface area contributed by atoms with Crippen LogP contribution in [0, 0.1) is 0 Å². The van der Waals surface area contributed by atoms with E-state index in [1.165, 1.54) is 0 Å². The standard InChI is InChI=1S/C12H9ClNO.Na/c13-10-6-4-9(5-7-10)12(15)11-3-1-2-8-14-11;/h1-8,12H;/q-1;+1/t12-;/m0./s1. The van der Waals surface area contributed by atoms with Crippen molar-refractivity contribution >= 4 is 11.6 Å². The van der Waals surface area contributed by atoms with Crippen LogP contribution in [0.4, 0.5) is 0 Å². The smallest absolute Gasteiger partial charge is 0.844 e. The third-order valence-corrected chi connectivity index (χ3v) is 2.38. The Morgan fingerprint density at radius 1 is 1.06 bits per heavy atom. The Hall–Kier alpha value is -0.380. The molecule has 0 unspecified atom stereocenters. The molecule has 2 nitrogen and oxygen atoms in total. The molecular formula is C12H9ClNNaO. The van der Waals surface area contributed by atoms with E-state index in [1.54, 1.807) is 42.6 Å². The van der Waals surface area contributed by atoms with Gasteiger partial charge in [0, 0.05) is 16.9 Å². The summed E-state index contributed by atoms with van der Waals surface area (Å²) >= 11 is 5.74. The molecule has 4 heteroatoms. The summed E-state index contributed by atoms with van der Waals surface area (Å²) in [5.41, 5.74) is 1.21. The second-order valence-electron chi connectivity index (χ2n) is 3.19. The van der Waals surface area contributed by atoms with Crippen molar-refractivity contribution in [3.05, 3.63) is 64.9 Å². The van der Waals surface area contributed by atoms with Crippen molar-refractivity contribution in [2.75, 3.05) is 0 Å². The predicted octanol–water partition coefficient (Wildman–Crippen LogP) is -0.811. The Kier molecular flexibility index (Phi) is 5.46. The van der Waals surface area contributed by atoms with E-state index in [-0.39, 0.29) is 29.6 Å². The Morgan fingerprint density at radius 2 is 1.75 bits per heavy atom. The van der Waals surface area contributed by atoms with Gasteiger partial charge in [-0.15, -0.1) is 0 Å². The van der Waals surface area contributed by atoms with Gasteiger partial charge >= 0.3 is 29.6 Å². The van der Waals surface area contributed by atoms with E-state index in [2.05, 4.69) is 4.98 Å². The maximum Gasteiger partial charge on any atom is 1.00 e. The van der Waals surface area contributed by atoms with Crippen molar-refractivity contribution in [1.29, 1.82) is 0 Å². The molecule has 16 heavy (non-hydrogen) atoms. The summed E-state index contributed by atoms with van der Waals surface area (Å²) in [6.45, 7) is 0. The number of pyridine rings is 1. The van der Waals surface area contributed by atoms with Crippen molar-refractivity contribution in [1.82, 2.24) is 4.98 Å². The Balaban J connectivity index is 0.00000128. The van der Waals surface area contributed by atoms with Gasteiger partial charge in [0.25, 0.3) is 0 Å². The summed E-state index contributed by atoms with van der Waals surface area (Å²) in [6.07, 6.45) is 0.680. The minimum absolute atomic E-state index is 0. The molecule has 1 atom stereocenters. The molecule has 1 heterocycles. The minimum atomic E-state index is -0.941. The number of halogens is 1. The van der Waals surface area contributed by atoms with Crippen LogP contribution in [0.2, 0.25) is 5.02 Å². The number of hydrogen-bond acceptors (Lipinski definition) is 2. The molecule has 0 aliphatic heterocycles. The molecule has 0 radical (unpaired) electrons. The first kappa shape index (κ1) is 13.7. The molecule has 0 aliphatic rings. The van der Waals surface area contributed by atoms with Crippen molar-refractivity contribution in [3.63, 3.8) is 0 Å². The molecule has 0 amide bonds. The first-order chi connectivity index (χ1) is 7.27. The van der Waals surface area contributed by atoms with Gasteiger partial charge in [-0.2, -0.15) is 0 Å². The fraction of sp³-hybridized carbons (Fsp3) is 0.0833. The SMILES string of the molecule is [Na+].[O-][C@@H](c1ccc(Cl)cc1)c1ccccn1.